The van der Waals surface area contributed by atoms with Gasteiger partial charge in [-0.25, -0.2) is 0 Å². The van der Waals surface area contributed by atoms with Crippen molar-refractivity contribution in [3.05, 3.63) is 7.43 Å². The summed E-state index contributed by atoms with van der Waals surface area (Å²) in [5, 5.41) is 0. The zero-order valence-corrected chi connectivity index (χ0v) is 12.5. The fourth-order valence-corrected chi connectivity index (χ4v) is 0. The first kappa shape index (κ1) is 229. The Morgan fingerprint density at radius 3 is 0.600 bits per heavy atom. The Bertz CT molecular complexity index is 13.6. The van der Waals surface area contributed by atoms with Crippen LogP contribution in [0.4, 0.5) is 0 Å². The first-order valence-corrected chi connectivity index (χ1v) is 3.00. The van der Waals surface area contributed by atoms with Gasteiger partial charge in [0.1, 0.15) is 0 Å². The van der Waals surface area contributed by atoms with Gasteiger partial charge in [-0.15, -0.1) is 0 Å². The normalized spacial score (nSPS) is 0.900. The molecule has 0 aromatic rings. The van der Waals surface area contributed by atoms with Crippen LogP contribution in [0, 0.1) is 7.43 Å². The van der Waals surface area contributed by atoms with Gasteiger partial charge in [-0.3, -0.25) is 0 Å². The Morgan fingerprint density at radius 1 is 0.600 bits per heavy atom. The molecular weight excluding hydrogens is 267 g/mol. The summed E-state index contributed by atoms with van der Waals surface area (Å²) in [7, 11) is 0. The summed E-state index contributed by atoms with van der Waals surface area (Å²) >= 11 is -0.0500. The molecule has 0 aliphatic heterocycles. The van der Waals surface area contributed by atoms with Crippen molar-refractivity contribution < 1.29 is 36.3 Å². The molecular formula is CH10MgO7Sn. The van der Waals surface area contributed by atoms with E-state index in [2.05, 4.69) is 0 Å². The fraction of sp³-hybridized carbons (Fsp3) is 0. The van der Waals surface area contributed by atoms with E-state index in [4.69, 9.17) is 3.44 Å². The topological polar surface area (TPSA) is 200 Å². The molecule has 62 valence electrons. The SMILES string of the molecule is [C+4].[Mg+2].[OH-].[OH-].[OH-].[OH-].[OH-].[OH-].[OH][SnH3]. The van der Waals surface area contributed by atoms with E-state index in [1.165, 1.54) is 0 Å². The van der Waals surface area contributed by atoms with E-state index in [-0.39, 0.29) is 86.3 Å². The minimum atomic E-state index is -0.0500. The van der Waals surface area contributed by atoms with E-state index in [0.29, 0.717) is 0 Å². The molecule has 9 heteroatoms. The molecule has 0 aromatic heterocycles. The van der Waals surface area contributed by atoms with Crippen LogP contribution >= 0.6 is 0 Å². The minimum absolute atomic E-state index is 0. The van der Waals surface area contributed by atoms with E-state index >= 15 is 0 Å². The summed E-state index contributed by atoms with van der Waals surface area (Å²) in [4.78, 5) is 0. The molecule has 0 heterocycles. The van der Waals surface area contributed by atoms with Gasteiger partial charge in [0.2, 0.25) is 0 Å². The van der Waals surface area contributed by atoms with E-state index in [9.17, 15) is 0 Å². The molecule has 0 radical (unpaired) electrons. The van der Waals surface area contributed by atoms with Crippen LogP contribution in [0.2, 0.25) is 0 Å². The van der Waals surface area contributed by atoms with Crippen molar-refractivity contribution in [2.75, 3.05) is 0 Å². The Kier molecular flexibility index (Phi) is 12300. The van der Waals surface area contributed by atoms with Gasteiger partial charge in [-0.1, -0.05) is 0 Å². The molecule has 0 atom stereocenters. The maximum absolute atomic E-state index is 7.21. The first-order valence-electron chi connectivity index (χ1n) is 0.447. The molecule has 0 aliphatic rings. The molecule has 0 rings (SSSR count). The molecule has 7 nitrogen and oxygen atoms in total. The summed E-state index contributed by atoms with van der Waals surface area (Å²) < 4.78 is 7.21. The molecule has 0 aliphatic carbocycles. The summed E-state index contributed by atoms with van der Waals surface area (Å²) in [6.45, 7) is 0. The second kappa shape index (κ2) is 537. The predicted molar refractivity (Wildman–Crippen MR) is 32.8 cm³/mol. The van der Waals surface area contributed by atoms with Gasteiger partial charge in [-0.05, 0) is 0 Å². The number of hydrogen-bond acceptors (Lipinski definition) is 7. The van der Waals surface area contributed by atoms with Gasteiger partial charge in [-0.2, -0.15) is 0 Å². The summed E-state index contributed by atoms with van der Waals surface area (Å²) in [5.74, 6) is 0. The second-order valence-electron chi connectivity index (χ2n) is 0. The van der Waals surface area contributed by atoms with Crippen LogP contribution in [0.5, 0.6) is 0 Å². The van der Waals surface area contributed by atoms with E-state index in [1.807, 2.05) is 0 Å². The van der Waals surface area contributed by atoms with Crippen molar-refractivity contribution in [3.8, 4) is 0 Å². The molecule has 7 N–H and O–H groups in total. The molecule has 0 unspecified atom stereocenters. The summed E-state index contributed by atoms with van der Waals surface area (Å²) in [6.07, 6.45) is 0. The zero-order chi connectivity index (χ0) is 2.00. The van der Waals surface area contributed by atoms with Crippen LogP contribution in [-0.4, -0.2) is 82.3 Å². The van der Waals surface area contributed by atoms with Crippen LogP contribution in [-0.2, 0) is 0 Å². The molecule has 0 bridgehead atoms. The standard InChI is InChI=1S/C.Mg.7H2O.Sn.3H/h;;7*1H2;;;;/q+4;+2;;;;;;;;+1;;;/p-7. The second-order valence-corrected chi connectivity index (χ2v) is 0. The number of rotatable bonds is 0. The Labute approximate surface area is 89.5 Å². The van der Waals surface area contributed by atoms with Gasteiger partial charge in [0.15, 0.2) is 0 Å². The van der Waals surface area contributed by atoms with Crippen LogP contribution < -0.4 is 0 Å². The third-order valence-electron chi connectivity index (χ3n) is 0. The van der Waals surface area contributed by atoms with Gasteiger partial charge in [0.05, 0.1) is 0 Å². The van der Waals surface area contributed by atoms with Gasteiger partial charge in [0.25, 0.3) is 0 Å². The summed E-state index contributed by atoms with van der Waals surface area (Å²) in [5.41, 5.74) is 0. The van der Waals surface area contributed by atoms with Gasteiger partial charge in [0, 0.05) is 0 Å². The third kappa shape index (κ3) is 386. The molecule has 0 saturated heterocycles. The average molecular weight is 277 g/mol. The van der Waals surface area contributed by atoms with Crippen molar-refractivity contribution in [2.24, 2.45) is 0 Å². The fourth-order valence-electron chi connectivity index (χ4n) is 0. The maximum atomic E-state index is 7.21. The third-order valence-corrected chi connectivity index (χ3v) is 0. The first-order chi connectivity index (χ1) is 1.00. The van der Waals surface area contributed by atoms with Crippen molar-refractivity contribution >= 4 is 46.0 Å². The van der Waals surface area contributed by atoms with E-state index in [1.54, 1.807) is 0 Å². The zero-order valence-electron chi connectivity index (χ0n) is 5.34. The molecule has 0 fully saturated rings. The van der Waals surface area contributed by atoms with Crippen molar-refractivity contribution in [2.45, 2.75) is 0 Å². The van der Waals surface area contributed by atoms with Crippen molar-refractivity contribution in [3.63, 3.8) is 0 Å². The molecule has 0 saturated carbocycles. The van der Waals surface area contributed by atoms with Gasteiger partial charge >= 0.3 is 56.9 Å². The molecule has 10 heavy (non-hydrogen) atoms. The number of hydrogen-bond donors (Lipinski definition) is 1. The van der Waals surface area contributed by atoms with E-state index < -0.39 is 0 Å². The van der Waals surface area contributed by atoms with Gasteiger partial charge < -0.3 is 32.9 Å². The Hall–Kier alpha value is 1.28. The quantitative estimate of drug-likeness (QED) is 0.451. The average Bonchev–Trinajstić information content (AvgIpc) is 1.00. The molecule has 0 aromatic carbocycles. The summed E-state index contributed by atoms with van der Waals surface area (Å²) in [6, 6.07) is 0. The van der Waals surface area contributed by atoms with Crippen molar-refractivity contribution in [1.29, 1.82) is 0 Å². The van der Waals surface area contributed by atoms with Crippen molar-refractivity contribution in [1.82, 2.24) is 0 Å². The Morgan fingerprint density at radius 2 is 0.600 bits per heavy atom. The predicted octanol–water partition coefficient (Wildman–Crippen LogP) is -3.10. The van der Waals surface area contributed by atoms with Crippen LogP contribution in [0.25, 0.3) is 0 Å². The molecule has 0 spiro atoms. The monoisotopic (exact) mass is 278 g/mol. The Balaban J connectivity index is -0.000000000179. The van der Waals surface area contributed by atoms with Crippen LogP contribution in [0.15, 0.2) is 0 Å². The molecule has 0 amide bonds. The van der Waals surface area contributed by atoms with Crippen LogP contribution in [0.1, 0.15) is 0 Å². The van der Waals surface area contributed by atoms with E-state index in [0.717, 1.165) is 0 Å². The van der Waals surface area contributed by atoms with Crippen LogP contribution in [0.3, 0.4) is 0 Å².